The van der Waals surface area contributed by atoms with E-state index in [9.17, 15) is 4.79 Å². The second-order valence-corrected chi connectivity index (χ2v) is 6.22. The fraction of sp³-hybridized carbons (Fsp3) is 0.300. The van der Waals surface area contributed by atoms with Gasteiger partial charge in [-0.2, -0.15) is 4.80 Å². The van der Waals surface area contributed by atoms with Crippen molar-refractivity contribution in [2.24, 2.45) is 7.05 Å². The van der Waals surface area contributed by atoms with Crippen molar-refractivity contribution in [2.45, 2.75) is 19.9 Å². The molecule has 0 bridgehead atoms. The lowest BCUT2D eigenvalue weighted by molar-refractivity contribution is 0.0742. The van der Waals surface area contributed by atoms with E-state index in [1.54, 1.807) is 26.3 Å². The molecule has 0 aliphatic rings. The Morgan fingerprint density at radius 1 is 1.15 bits per heavy atom. The largest absolute Gasteiger partial charge is 0.496 e. The molecule has 7 nitrogen and oxygen atoms in total. The third kappa shape index (κ3) is 4.31. The van der Waals surface area contributed by atoms with Crippen molar-refractivity contribution >= 4 is 5.91 Å². The first-order valence-electron chi connectivity index (χ1n) is 8.88. The monoisotopic (exact) mass is 365 g/mol. The summed E-state index contributed by atoms with van der Waals surface area (Å²) in [5.74, 6) is 1.31. The van der Waals surface area contributed by atoms with E-state index in [1.165, 1.54) is 4.80 Å². The molecule has 3 rings (SSSR count). The number of nitrogens with zero attached hydrogens (tertiary/aromatic N) is 5. The highest BCUT2D eigenvalue weighted by molar-refractivity contribution is 5.94. The van der Waals surface area contributed by atoms with E-state index in [1.807, 2.05) is 41.3 Å². The molecule has 1 amide bonds. The number of tetrazole rings is 1. The maximum Gasteiger partial charge on any atom is 0.254 e. The Bertz CT molecular complexity index is 905. The van der Waals surface area contributed by atoms with Crippen LogP contribution in [0.4, 0.5) is 0 Å². The van der Waals surface area contributed by atoms with Gasteiger partial charge in [-0.1, -0.05) is 37.3 Å². The van der Waals surface area contributed by atoms with Crippen LogP contribution in [0, 0.1) is 0 Å². The summed E-state index contributed by atoms with van der Waals surface area (Å²) in [5, 5.41) is 12.0. The lowest BCUT2D eigenvalue weighted by atomic mass is 10.1. The van der Waals surface area contributed by atoms with Gasteiger partial charge in [0.25, 0.3) is 5.91 Å². The van der Waals surface area contributed by atoms with Crippen molar-refractivity contribution in [3.8, 4) is 17.1 Å². The quantitative estimate of drug-likeness (QED) is 0.644. The summed E-state index contributed by atoms with van der Waals surface area (Å²) in [6.07, 6.45) is 0.877. The Balaban J connectivity index is 1.80. The highest BCUT2D eigenvalue weighted by Crippen LogP contribution is 2.21. The van der Waals surface area contributed by atoms with E-state index in [4.69, 9.17) is 4.74 Å². The van der Waals surface area contributed by atoms with Crippen LogP contribution in [0.2, 0.25) is 0 Å². The van der Waals surface area contributed by atoms with Crippen LogP contribution in [0.5, 0.6) is 5.75 Å². The first-order valence-corrected chi connectivity index (χ1v) is 8.88. The number of aryl methyl sites for hydroxylation is 1. The number of hydrogen-bond acceptors (Lipinski definition) is 5. The molecule has 27 heavy (non-hydrogen) atoms. The van der Waals surface area contributed by atoms with E-state index in [2.05, 4.69) is 22.3 Å². The summed E-state index contributed by atoms with van der Waals surface area (Å²) in [6, 6.07) is 15.1. The first kappa shape index (κ1) is 18.6. The number of ether oxygens (including phenoxy) is 1. The molecule has 0 saturated heterocycles. The van der Waals surface area contributed by atoms with E-state index in [-0.39, 0.29) is 5.91 Å². The molecular weight excluding hydrogens is 342 g/mol. The summed E-state index contributed by atoms with van der Waals surface area (Å²) in [5.41, 5.74) is 2.44. The molecule has 0 saturated carbocycles. The van der Waals surface area contributed by atoms with Crippen LogP contribution in [0.1, 0.15) is 29.3 Å². The maximum absolute atomic E-state index is 13.0. The second-order valence-electron chi connectivity index (χ2n) is 6.22. The van der Waals surface area contributed by atoms with Crippen LogP contribution in [-0.4, -0.2) is 44.7 Å². The van der Waals surface area contributed by atoms with E-state index >= 15 is 0 Å². The number of methoxy groups -OCH3 is 1. The van der Waals surface area contributed by atoms with Crippen molar-refractivity contribution in [3.05, 3.63) is 59.7 Å². The zero-order valence-electron chi connectivity index (χ0n) is 15.8. The molecule has 0 N–H and O–H groups in total. The van der Waals surface area contributed by atoms with Gasteiger partial charge in [0.1, 0.15) is 5.75 Å². The topological polar surface area (TPSA) is 73.1 Å². The smallest absolute Gasteiger partial charge is 0.254 e. The van der Waals surface area contributed by atoms with Crippen LogP contribution in [0.3, 0.4) is 0 Å². The minimum atomic E-state index is -0.0126. The average Bonchev–Trinajstić information content (AvgIpc) is 3.14. The molecule has 0 radical (unpaired) electrons. The van der Waals surface area contributed by atoms with Crippen LogP contribution in [-0.2, 0) is 13.6 Å². The Morgan fingerprint density at radius 3 is 2.52 bits per heavy atom. The number of carbonyl (C=O) groups excluding carboxylic acids is 1. The lowest BCUT2D eigenvalue weighted by Crippen LogP contribution is -2.31. The third-order valence-corrected chi connectivity index (χ3v) is 4.23. The molecule has 0 atom stereocenters. The Morgan fingerprint density at radius 2 is 1.89 bits per heavy atom. The summed E-state index contributed by atoms with van der Waals surface area (Å²) >= 11 is 0. The number of para-hydroxylation sites is 1. The van der Waals surface area contributed by atoms with E-state index in [0.717, 1.165) is 23.3 Å². The minimum Gasteiger partial charge on any atom is -0.496 e. The van der Waals surface area contributed by atoms with Gasteiger partial charge < -0.3 is 9.64 Å². The van der Waals surface area contributed by atoms with Crippen molar-refractivity contribution in [1.29, 1.82) is 0 Å². The summed E-state index contributed by atoms with van der Waals surface area (Å²) in [6.45, 7) is 3.24. The number of benzene rings is 2. The predicted octanol–water partition coefficient (Wildman–Crippen LogP) is 2.94. The predicted molar refractivity (Wildman–Crippen MR) is 102 cm³/mol. The average molecular weight is 365 g/mol. The number of rotatable bonds is 7. The van der Waals surface area contributed by atoms with Crippen molar-refractivity contribution in [1.82, 2.24) is 25.1 Å². The highest BCUT2D eigenvalue weighted by Gasteiger charge is 2.17. The Kier molecular flexibility index (Phi) is 5.80. The van der Waals surface area contributed by atoms with E-state index in [0.29, 0.717) is 24.5 Å². The van der Waals surface area contributed by atoms with Crippen molar-refractivity contribution < 1.29 is 9.53 Å². The fourth-order valence-corrected chi connectivity index (χ4v) is 2.91. The first-order chi connectivity index (χ1) is 13.1. The van der Waals surface area contributed by atoms with Crippen molar-refractivity contribution in [3.63, 3.8) is 0 Å². The van der Waals surface area contributed by atoms with Gasteiger partial charge in [0.15, 0.2) is 0 Å². The van der Waals surface area contributed by atoms with Crippen LogP contribution in [0.15, 0.2) is 48.5 Å². The molecule has 2 aromatic carbocycles. The van der Waals surface area contributed by atoms with Gasteiger partial charge in [-0.3, -0.25) is 4.79 Å². The van der Waals surface area contributed by atoms with Crippen LogP contribution < -0.4 is 4.74 Å². The lowest BCUT2D eigenvalue weighted by Gasteiger charge is -2.23. The molecule has 0 unspecified atom stereocenters. The molecule has 0 spiro atoms. The summed E-state index contributed by atoms with van der Waals surface area (Å²) < 4.78 is 5.42. The number of carbonyl (C=O) groups is 1. The molecule has 7 heteroatoms. The van der Waals surface area contributed by atoms with Gasteiger partial charge in [-0.15, -0.1) is 10.2 Å². The Hall–Kier alpha value is -3.22. The van der Waals surface area contributed by atoms with Crippen molar-refractivity contribution in [2.75, 3.05) is 13.7 Å². The second kappa shape index (κ2) is 8.44. The van der Waals surface area contributed by atoms with Crippen LogP contribution in [0.25, 0.3) is 11.4 Å². The molecule has 0 fully saturated rings. The fourth-order valence-electron chi connectivity index (χ4n) is 2.91. The number of amides is 1. The molecule has 0 aliphatic carbocycles. The Labute approximate surface area is 158 Å². The third-order valence-electron chi connectivity index (χ3n) is 4.23. The highest BCUT2D eigenvalue weighted by atomic mass is 16.5. The minimum absolute atomic E-state index is 0.0126. The molecule has 0 aliphatic heterocycles. The van der Waals surface area contributed by atoms with Gasteiger partial charge >= 0.3 is 0 Å². The normalized spacial score (nSPS) is 10.6. The molecule has 1 heterocycles. The SMILES string of the molecule is CCCN(Cc1ccccc1OC)C(=O)c1ccc(-c2nnn(C)n2)cc1. The van der Waals surface area contributed by atoms with Crippen LogP contribution >= 0.6 is 0 Å². The van der Waals surface area contributed by atoms with Gasteiger partial charge in [0.2, 0.25) is 5.82 Å². The van der Waals surface area contributed by atoms with Gasteiger partial charge in [0.05, 0.1) is 14.2 Å². The summed E-state index contributed by atoms with van der Waals surface area (Å²) in [7, 11) is 3.36. The van der Waals surface area contributed by atoms with Gasteiger partial charge in [-0.05, 0) is 29.8 Å². The molecule has 140 valence electrons. The summed E-state index contributed by atoms with van der Waals surface area (Å²) in [4.78, 5) is 16.3. The van der Waals surface area contributed by atoms with Gasteiger partial charge in [-0.25, -0.2) is 0 Å². The molecule has 3 aromatic rings. The zero-order chi connectivity index (χ0) is 19.2. The van der Waals surface area contributed by atoms with Gasteiger partial charge in [0, 0.05) is 29.8 Å². The number of hydrogen-bond donors (Lipinski definition) is 0. The molecular formula is C20H23N5O2. The zero-order valence-corrected chi connectivity index (χ0v) is 15.8. The standard InChI is InChI=1S/C20H23N5O2/c1-4-13-25(14-17-7-5-6-8-18(17)27-3)20(26)16-11-9-15(10-12-16)19-21-23-24(2)22-19/h5-12H,4,13-14H2,1-3H3. The van der Waals surface area contributed by atoms with E-state index < -0.39 is 0 Å². The molecule has 1 aromatic heterocycles. The number of aromatic nitrogens is 4. The maximum atomic E-state index is 13.0.